The Labute approximate surface area is 146 Å². The van der Waals surface area contributed by atoms with E-state index in [2.05, 4.69) is 21.0 Å². The normalized spacial score (nSPS) is 15.7. The number of hydrogen-bond acceptors (Lipinski definition) is 6. The van der Waals surface area contributed by atoms with Crippen LogP contribution in [0.25, 0.3) is 0 Å². The van der Waals surface area contributed by atoms with Gasteiger partial charge in [0.2, 0.25) is 0 Å². The maximum atomic E-state index is 5.86. The summed E-state index contributed by atoms with van der Waals surface area (Å²) in [6.45, 7) is 0. The van der Waals surface area contributed by atoms with E-state index in [-0.39, 0.29) is 0 Å². The molecule has 0 bridgehead atoms. The largest absolute Gasteiger partial charge is 0.384 e. The van der Waals surface area contributed by atoms with Crippen LogP contribution in [0.3, 0.4) is 0 Å². The summed E-state index contributed by atoms with van der Waals surface area (Å²) in [6.07, 6.45) is 10.5. The number of pyridine rings is 1. The van der Waals surface area contributed by atoms with Gasteiger partial charge in [-0.25, -0.2) is 9.97 Å². The molecule has 0 amide bonds. The first-order valence-corrected chi connectivity index (χ1v) is 10.2. The Morgan fingerprint density at radius 2 is 2.04 bits per heavy atom. The highest BCUT2D eigenvalue weighted by atomic mass is 32.2. The predicted molar refractivity (Wildman–Crippen MR) is 97.8 cm³/mol. The van der Waals surface area contributed by atoms with Gasteiger partial charge in [-0.15, -0.1) is 11.8 Å². The maximum absolute atomic E-state index is 5.86. The van der Waals surface area contributed by atoms with Crippen LogP contribution in [0.5, 0.6) is 0 Å². The van der Waals surface area contributed by atoms with Crippen molar-refractivity contribution in [1.82, 2.24) is 15.0 Å². The van der Waals surface area contributed by atoms with Crippen LogP contribution < -0.4 is 5.73 Å². The lowest BCUT2D eigenvalue weighted by molar-refractivity contribution is 0.435. The Kier molecular flexibility index (Phi) is 5.78. The minimum Gasteiger partial charge on any atom is -0.384 e. The van der Waals surface area contributed by atoms with Gasteiger partial charge >= 0.3 is 0 Å². The van der Waals surface area contributed by atoms with Crippen molar-refractivity contribution in [2.75, 3.05) is 12.0 Å². The van der Waals surface area contributed by atoms with Gasteiger partial charge in [-0.05, 0) is 30.7 Å². The van der Waals surface area contributed by atoms with Crippen molar-refractivity contribution in [3.05, 3.63) is 35.7 Å². The van der Waals surface area contributed by atoms with Gasteiger partial charge in [-0.2, -0.15) is 0 Å². The smallest absolute Gasteiger partial charge is 0.190 e. The van der Waals surface area contributed by atoms with Crippen molar-refractivity contribution in [3.8, 4) is 0 Å². The number of nitrogen functional groups attached to an aromatic ring is 1. The second-order valence-electron chi connectivity index (χ2n) is 5.79. The zero-order chi connectivity index (χ0) is 16.1. The number of anilines is 1. The molecule has 2 heterocycles. The van der Waals surface area contributed by atoms with Gasteiger partial charge < -0.3 is 5.73 Å². The number of hydrogen-bond donors (Lipinski definition) is 1. The van der Waals surface area contributed by atoms with Crippen molar-refractivity contribution in [3.63, 3.8) is 0 Å². The number of nitrogens with zero attached hydrogens (tertiary/aromatic N) is 3. The molecule has 0 aliphatic heterocycles. The summed E-state index contributed by atoms with van der Waals surface area (Å²) in [5.41, 5.74) is 8.44. The van der Waals surface area contributed by atoms with Crippen LogP contribution in [0.4, 0.5) is 5.82 Å². The zero-order valence-corrected chi connectivity index (χ0v) is 15.0. The van der Waals surface area contributed by atoms with Crippen molar-refractivity contribution < 1.29 is 0 Å². The fourth-order valence-corrected chi connectivity index (χ4v) is 4.38. The zero-order valence-electron chi connectivity index (χ0n) is 13.4. The van der Waals surface area contributed by atoms with Gasteiger partial charge in [-0.3, -0.25) is 4.98 Å². The van der Waals surface area contributed by atoms with Crippen LogP contribution in [0.2, 0.25) is 0 Å². The Balaban J connectivity index is 1.74. The molecule has 1 saturated carbocycles. The number of thioether (sulfide) groups is 2. The highest BCUT2D eigenvalue weighted by molar-refractivity contribution is 7.99. The molecule has 6 heteroatoms. The first-order valence-electron chi connectivity index (χ1n) is 8.01. The van der Waals surface area contributed by atoms with E-state index in [9.17, 15) is 0 Å². The fourth-order valence-electron chi connectivity index (χ4n) is 3.05. The molecule has 0 aromatic carbocycles. The van der Waals surface area contributed by atoms with E-state index in [1.54, 1.807) is 23.5 Å². The molecule has 0 unspecified atom stereocenters. The van der Waals surface area contributed by atoms with E-state index < -0.39 is 0 Å². The maximum Gasteiger partial charge on any atom is 0.190 e. The lowest BCUT2D eigenvalue weighted by Gasteiger charge is -2.23. The molecule has 23 heavy (non-hydrogen) atoms. The summed E-state index contributed by atoms with van der Waals surface area (Å²) in [5.74, 6) is 1.99. The molecule has 0 spiro atoms. The number of nitrogens with two attached hydrogens (primary N) is 1. The summed E-state index contributed by atoms with van der Waals surface area (Å²) in [5, 5.41) is 1.66. The van der Waals surface area contributed by atoms with Crippen molar-refractivity contribution >= 4 is 29.3 Å². The quantitative estimate of drug-likeness (QED) is 0.488. The van der Waals surface area contributed by atoms with E-state index in [4.69, 9.17) is 5.73 Å². The summed E-state index contributed by atoms with van der Waals surface area (Å²) in [7, 11) is 0. The van der Waals surface area contributed by atoms with Gasteiger partial charge in [0.05, 0.1) is 0 Å². The van der Waals surface area contributed by atoms with Gasteiger partial charge in [0.25, 0.3) is 0 Å². The summed E-state index contributed by atoms with van der Waals surface area (Å²) >= 11 is 3.23. The monoisotopic (exact) mass is 346 g/mol. The molecule has 4 nitrogen and oxygen atoms in total. The molecule has 3 rings (SSSR count). The van der Waals surface area contributed by atoms with E-state index >= 15 is 0 Å². The molecule has 122 valence electrons. The Morgan fingerprint density at radius 1 is 1.22 bits per heavy atom. The molecular formula is C17H22N4S2. The lowest BCUT2D eigenvalue weighted by atomic mass is 9.85. The van der Waals surface area contributed by atoms with Gasteiger partial charge in [0.1, 0.15) is 10.8 Å². The van der Waals surface area contributed by atoms with Crippen molar-refractivity contribution in [2.24, 2.45) is 0 Å². The Hall–Kier alpha value is -1.27. The van der Waals surface area contributed by atoms with Crippen LogP contribution in [0.1, 0.15) is 49.3 Å². The molecule has 2 aromatic rings. The highest BCUT2D eigenvalue weighted by Gasteiger charge is 2.19. The number of rotatable bonds is 5. The predicted octanol–water partition coefficient (Wildman–Crippen LogP) is 4.52. The highest BCUT2D eigenvalue weighted by Crippen LogP contribution is 2.35. The molecule has 0 radical (unpaired) electrons. The third-order valence-corrected chi connectivity index (χ3v) is 5.71. The first kappa shape index (κ1) is 16.6. The standard InChI is InChI=1S/C17H22N4S2/c1-22-15-10-14(18)20-17(21-15)23-11-13-8-5-9-19-16(13)12-6-3-2-4-7-12/h5,8-10,12H,2-4,6-7,11H2,1H3,(H2,18,20,21). The third-order valence-electron chi connectivity index (χ3n) is 4.19. The molecule has 1 aliphatic rings. The molecule has 2 N–H and O–H groups in total. The summed E-state index contributed by atoms with van der Waals surface area (Å²) in [4.78, 5) is 13.5. The Bertz CT molecular complexity index is 657. The van der Waals surface area contributed by atoms with Crippen LogP contribution in [-0.2, 0) is 5.75 Å². The summed E-state index contributed by atoms with van der Waals surface area (Å²) in [6, 6.07) is 6.02. The van der Waals surface area contributed by atoms with Crippen LogP contribution in [0, 0.1) is 0 Å². The molecule has 2 aromatic heterocycles. The fraction of sp³-hybridized carbons (Fsp3) is 0.471. The SMILES string of the molecule is CSc1cc(N)nc(SCc2cccnc2C2CCCCC2)n1. The third kappa shape index (κ3) is 4.38. The second kappa shape index (κ2) is 8.02. The average Bonchev–Trinajstić information content (AvgIpc) is 2.60. The average molecular weight is 347 g/mol. The topological polar surface area (TPSA) is 64.7 Å². The first-order chi connectivity index (χ1) is 11.3. The van der Waals surface area contributed by atoms with E-state index in [0.717, 1.165) is 15.9 Å². The molecule has 1 fully saturated rings. The van der Waals surface area contributed by atoms with E-state index in [1.165, 1.54) is 43.4 Å². The number of aromatic nitrogens is 3. The molecule has 0 saturated heterocycles. The van der Waals surface area contributed by atoms with Gasteiger partial charge in [0, 0.05) is 29.6 Å². The summed E-state index contributed by atoms with van der Waals surface area (Å²) < 4.78 is 0. The second-order valence-corrected chi connectivity index (χ2v) is 7.56. The molecular weight excluding hydrogens is 324 g/mol. The van der Waals surface area contributed by atoms with Gasteiger partial charge in [0.15, 0.2) is 5.16 Å². The van der Waals surface area contributed by atoms with Gasteiger partial charge in [-0.1, -0.05) is 37.1 Å². The van der Waals surface area contributed by atoms with Crippen LogP contribution >= 0.6 is 23.5 Å². The Morgan fingerprint density at radius 3 is 2.83 bits per heavy atom. The van der Waals surface area contributed by atoms with E-state index in [1.807, 2.05) is 24.6 Å². The van der Waals surface area contributed by atoms with Crippen LogP contribution in [-0.4, -0.2) is 21.2 Å². The van der Waals surface area contributed by atoms with E-state index in [0.29, 0.717) is 11.7 Å². The van der Waals surface area contributed by atoms with Crippen molar-refractivity contribution in [2.45, 2.75) is 54.0 Å². The van der Waals surface area contributed by atoms with Crippen LogP contribution in [0.15, 0.2) is 34.6 Å². The minimum atomic E-state index is 0.533. The van der Waals surface area contributed by atoms with Crippen molar-refractivity contribution in [1.29, 1.82) is 0 Å². The lowest BCUT2D eigenvalue weighted by Crippen LogP contribution is -2.09. The molecule has 0 atom stereocenters. The minimum absolute atomic E-state index is 0.533. The molecule has 1 aliphatic carbocycles.